The lowest BCUT2D eigenvalue weighted by atomic mass is 10.2. The van der Waals surface area contributed by atoms with Gasteiger partial charge in [0, 0.05) is 0 Å². The zero-order valence-electron chi connectivity index (χ0n) is 6.04. The van der Waals surface area contributed by atoms with Gasteiger partial charge in [-0.3, -0.25) is 5.84 Å². The van der Waals surface area contributed by atoms with Gasteiger partial charge in [0.25, 0.3) is 0 Å². The van der Waals surface area contributed by atoms with Crippen molar-refractivity contribution in [1.29, 1.82) is 5.26 Å². The minimum absolute atomic E-state index is 0. The molecule has 0 saturated heterocycles. The summed E-state index contributed by atoms with van der Waals surface area (Å²) >= 11 is 0. The van der Waals surface area contributed by atoms with E-state index < -0.39 is 5.82 Å². The van der Waals surface area contributed by atoms with Gasteiger partial charge in [-0.15, -0.1) is 17.0 Å². The van der Waals surface area contributed by atoms with Gasteiger partial charge in [-0.2, -0.15) is 5.26 Å². The molecule has 0 bridgehead atoms. The second-order valence-electron chi connectivity index (χ2n) is 1.95. The van der Waals surface area contributed by atoms with Crippen LogP contribution >= 0.6 is 17.0 Å². The van der Waals surface area contributed by atoms with E-state index in [0.29, 0.717) is 0 Å². The van der Waals surface area contributed by atoms with Crippen molar-refractivity contribution in [2.75, 3.05) is 5.43 Å². The molecule has 0 spiro atoms. The minimum atomic E-state index is -0.522. The molecule has 0 unspecified atom stereocenters. The van der Waals surface area contributed by atoms with E-state index in [2.05, 4.69) is 5.43 Å². The fourth-order valence-electron chi connectivity index (χ4n) is 0.702. The summed E-state index contributed by atoms with van der Waals surface area (Å²) in [6, 6.07) is 5.83. The molecule has 1 rings (SSSR count). The Morgan fingerprint density at radius 3 is 2.58 bits per heavy atom. The van der Waals surface area contributed by atoms with E-state index in [9.17, 15) is 4.39 Å². The Hall–Kier alpha value is -1.12. The maximum atomic E-state index is 12.7. The molecule has 0 saturated carbocycles. The molecule has 0 radical (unpaired) electrons. The maximum Gasteiger partial charge on any atom is 0.148 e. The van der Waals surface area contributed by atoms with Crippen molar-refractivity contribution >= 4 is 22.7 Å². The Balaban J connectivity index is 0.00000121. The van der Waals surface area contributed by atoms with Crippen LogP contribution in [0.3, 0.4) is 0 Å². The smallest absolute Gasteiger partial charge is 0.148 e. The van der Waals surface area contributed by atoms with Crippen molar-refractivity contribution in [2.45, 2.75) is 0 Å². The molecule has 0 fully saturated rings. The zero-order chi connectivity index (χ0) is 8.27. The van der Waals surface area contributed by atoms with Crippen LogP contribution in [0.15, 0.2) is 18.2 Å². The van der Waals surface area contributed by atoms with Crippen molar-refractivity contribution in [3.8, 4) is 6.07 Å². The molecule has 0 aliphatic heterocycles. The van der Waals surface area contributed by atoms with Gasteiger partial charge in [0.1, 0.15) is 5.82 Å². The van der Waals surface area contributed by atoms with Crippen LogP contribution in [0.5, 0.6) is 0 Å². The number of nitrogen functional groups attached to an aromatic ring is 1. The van der Waals surface area contributed by atoms with Gasteiger partial charge in [-0.05, 0) is 18.2 Å². The fourth-order valence-corrected chi connectivity index (χ4v) is 0.702. The van der Waals surface area contributed by atoms with E-state index in [4.69, 9.17) is 11.1 Å². The molecular formula is C7H7BrFN3. The largest absolute Gasteiger partial charge is 0.321 e. The van der Waals surface area contributed by atoms with Crippen molar-refractivity contribution in [1.82, 2.24) is 0 Å². The van der Waals surface area contributed by atoms with Crippen molar-refractivity contribution in [3.63, 3.8) is 0 Å². The predicted molar refractivity (Wildman–Crippen MR) is 49.2 cm³/mol. The third kappa shape index (κ3) is 2.19. The molecular weight excluding hydrogens is 225 g/mol. The van der Waals surface area contributed by atoms with Crippen LogP contribution in [-0.2, 0) is 0 Å². The summed E-state index contributed by atoms with van der Waals surface area (Å²) in [5, 5.41) is 8.36. The maximum absolute atomic E-state index is 12.7. The monoisotopic (exact) mass is 231 g/mol. The molecule has 3 N–H and O–H groups in total. The first kappa shape index (κ1) is 10.9. The Morgan fingerprint density at radius 2 is 2.17 bits per heavy atom. The number of hydrogen-bond donors (Lipinski definition) is 2. The lowest BCUT2D eigenvalue weighted by Gasteiger charge is -1.99. The molecule has 64 valence electrons. The quantitative estimate of drug-likeness (QED) is 0.570. The van der Waals surface area contributed by atoms with E-state index in [1.807, 2.05) is 6.07 Å². The van der Waals surface area contributed by atoms with Gasteiger partial charge in [0.15, 0.2) is 0 Å². The molecule has 0 aliphatic carbocycles. The number of nitrogens with zero attached hydrogens (tertiary/aromatic N) is 1. The lowest BCUT2D eigenvalue weighted by Crippen LogP contribution is -2.08. The molecule has 0 amide bonds. The first-order valence-corrected chi connectivity index (χ1v) is 2.94. The van der Waals surface area contributed by atoms with E-state index in [-0.39, 0.29) is 28.2 Å². The molecule has 0 atom stereocenters. The fraction of sp³-hybridized carbons (Fsp3) is 0. The Morgan fingerprint density at radius 1 is 1.50 bits per heavy atom. The number of nitriles is 1. The Labute approximate surface area is 79.7 Å². The summed E-state index contributed by atoms with van der Waals surface area (Å²) in [6.45, 7) is 0. The molecule has 0 aliphatic rings. The van der Waals surface area contributed by atoms with E-state index >= 15 is 0 Å². The van der Waals surface area contributed by atoms with Crippen LogP contribution in [0.2, 0.25) is 0 Å². The van der Waals surface area contributed by atoms with Crippen molar-refractivity contribution in [2.24, 2.45) is 5.84 Å². The number of rotatable bonds is 1. The normalized spacial score (nSPS) is 8.08. The number of benzene rings is 1. The average molecular weight is 232 g/mol. The summed E-state index contributed by atoms with van der Waals surface area (Å²) in [7, 11) is 0. The molecule has 5 heteroatoms. The van der Waals surface area contributed by atoms with Crippen LogP contribution in [-0.4, -0.2) is 0 Å². The van der Waals surface area contributed by atoms with Gasteiger partial charge in [0.05, 0.1) is 17.3 Å². The minimum Gasteiger partial charge on any atom is -0.321 e. The topological polar surface area (TPSA) is 61.8 Å². The van der Waals surface area contributed by atoms with Crippen LogP contribution in [0.1, 0.15) is 5.56 Å². The highest BCUT2D eigenvalue weighted by molar-refractivity contribution is 8.93. The second kappa shape index (κ2) is 4.70. The zero-order valence-corrected chi connectivity index (χ0v) is 7.76. The van der Waals surface area contributed by atoms with Crippen LogP contribution in [0.25, 0.3) is 0 Å². The number of halogens is 2. The van der Waals surface area contributed by atoms with Gasteiger partial charge in [0.2, 0.25) is 0 Å². The van der Waals surface area contributed by atoms with Crippen LogP contribution in [0.4, 0.5) is 10.1 Å². The van der Waals surface area contributed by atoms with Crippen LogP contribution < -0.4 is 11.3 Å². The van der Waals surface area contributed by atoms with Crippen molar-refractivity contribution < 1.29 is 4.39 Å². The van der Waals surface area contributed by atoms with Gasteiger partial charge in [-0.25, -0.2) is 4.39 Å². The summed E-state index contributed by atoms with van der Waals surface area (Å²) in [5.74, 6) is 4.45. The van der Waals surface area contributed by atoms with Gasteiger partial charge in [-0.1, -0.05) is 0 Å². The van der Waals surface area contributed by atoms with Gasteiger partial charge < -0.3 is 5.43 Å². The van der Waals surface area contributed by atoms with E-state index in [0.717, 1.165) is 6.07 Å². The molecule has 3 nitrogen and oxygen atoms in total. The standard InChI is InChI=1S/C7H6FN3.BrH/c8-6-3-5(4-9)1-2-7(6)11-10;/h1-3,11H,10H2;1H. The number of nitrogens with one attached hydrogen (secondary N) is 1. The third-order valence-corrected chi connectivity index (χ3v) is 1.25. The third-order valence-electron chi connectivity index (χ3n) is 1.25. The highest BCUT2D eigenvalue weighted by Gasteiger charge is 1.99. The first-order valence-electron chi connectivity index (χ1n) is 2.94. The Kier molecular flexibility index (Phi) is 4.26. The van der Waals surface area contributed by atoms with E-state index in [1.54, 1.807) is 0 Å². The SMILES string of the molecule is Br.N#Cc1ccc(NN)c(F)c1. The highest BCUT2D eigenvalue weighted by atomic mass is 79.9. The highest BCUT2D eigenvalue weighted by Crippen LogP contribution is 2.13. The number of hydrazine groups is 1. The molecule has 1 aromatic carbocycles. The second-order valence-corrected chi connectivity index (χ2v) is 1.95. The Bertz CT molecular complexity index is 308. The number of anilines is 1. The van der Waals surface area contributed by atoms with Crippen LogP contribution in [0, 0.1) is 17.1 Å². The average Bonchev–Trinajstić information content (AvgIpc) is 2.04. The summed E-state index contributed by atoms with van der Waals surface area (Å²) in [6.07, 6.45) is 0. The van der Waals surface area contributed by atoms with E-state index in [1.165, 1.54) is 12.1 Å². The molecule has 0 heterocycles. The summed E-state index contributed by atoms with van der Waals surface area (Å²) in [5.41, 5.74) is 2.63. The van der Waals surface area contributed by atoms with Crippen molar-refractivity contribution in [3.05, 3.63) is 29.6 Å². The predicted octanol–water partition coefficient (Wildman–Crippen LogP) is 1.56. The number of hydrogen-bond acceptors (Lipinski definition) is 3. The molecule has 12 heavy (non-hydrogen) atoms. The molecule has 1 aromatic rings. The first-order chi connectivity index (χ1) is 5.27. The lowest BCUT2D eigenvalue weighted by molar-refractivity contribution is 0.630. The van der Waals surface area contributed by atoms with Gasteiger partial charge >= 0.3 is 0 Å². The number of nitrogens with two attached hydrogens (primary N) is 1. The molecule has 0 aromatic heterocycles. The summed E-state index contributed by atoms with van der Waals surface area (Å²) < 4.78 is 12.7. The summed E-state index contributed by atoms with van der Waals surface area (Å²) in [4.78, 5) is 0.